The summed E-state index contributed by atoms with van der Waals surface area (Å²) in [7, 11) is 0. The van der Waals surface area contributed by atoms with Gasteiger partial charge < -0.3 is 19.5 Å². The second kappa shape index (κ2) is 7.09. The maximum absolute atomic E-state index is 12.9. The van der Waals surface area contributed by atoms with Gasteiger partial charge in [-0.2, -0.15) is 0 Å². The van der Waals surface area contributed by atoms with Gasteiger partial charge in [0, 0.05) is 30.4 Å². The van der Waals surface area contributed by atoms with Gasteiger partial charge in [-0.3, -0.25) is 9.59 Å². The number of nitrogens with zero attached hydrogens (tertiary/aromatic N) is 2. The van der Waals surface area contributed by atoms with Crippen LogP contribution in [-0.2, 0) is 17.8 Å². The van der Waals surface area contributed by atoms with E-state index in [0.717, 1.165) is 36.4 Å². The molecule has 1 saturated heterocycles. The highest BCUT2D eigenvalue weighted by Gasteiger charge is 2.40. The number of carbonyl (C=O) groups is 2. The first kappa shape index (κ1) is 18.7. The van der Waals surface area contributed by atoms with Gasteiger partial charge in [-0.1, -0.05) is 39.0 Å². The van der Waals surface area contributed by atoms with E-state index in [1.165, 1.54) is 6.26 Å². The van der Waals surface area contributed by atoms with E-state index in [2.05, 4.69) is 31.0 Å². The first-order chi connectivity index (χ1) is 13.4. The molecule has 148 valence electrons. The van der Waals surface area contributed by atoms with Crippen molar-refractivity contribution >= 4 is 17.5 Å². The minimum absolute atomic E-state index is 0.00227. The van der Waals surface area contributed by atoms with Gasteiger partial charge in [-0.05, 0) is 29.7 Å². The van der Waals surface area contributed by atoms with Crippen molar-refractivity contribution in [2.24, 2.45) is 5.41 Å². The predicted octanol–water partition coefficient (Wildman–Crippen LogP) is 2.83. The van der Waals surface area contributed by atoms with Crippen LogP contribution in [0.4, 0.5) is 5.69 Å². The lowest BCUT2D eigenvalue weighted by Gasteiger charge is -2.26. The number of anilines is 1. The van der Waals surface area contributed by atoms with Gasteiger partial charge in [0.1, 0.15) is 0 Å². The lowest BCUT2D eigenvalue weighted by Crippen LogP contribution is -2.44. The Morgan fingerprint density at radius 3 is 2.82 bits per heavy atom. The van der Waals surface area contributed by atoms with Crippen LogP contribution in [0.2, 0.25) is 0 Å². The molecule has 6 nitrogen and oxygen atoms in total. The quantitative estimate of drug-likeness (QED) is 0.865. The summed E-state index contributed by atoms with van der Waals surface area (Å²) in [6.45, 7) is 9.59. The molecule has 4 rings (SSSR count). The van der Waals surface area contributed by atoms with Gasteiger partial charge in [0.25, 0.3) is 5.91 Å². The van der Waals surface area contributed by atoms with Gasteiger partial charge in [0.05, 0.1) is 19.2 Å². The van der Waals surface area contributed by atoms with Crippen LogP contribution in [0.25, 0.3) is 0 Å². The summed E-state index contributed by atoms with van der Waals surface area (Å²) in [5, 5.41) is 3.15. The maximum atomic E-state index is 12.9. The van der Waals surface area contributed by atoms with Gasteiger partial charge in [0.2, 0.25) is 5.91 Å². The Labute approximate surface area is 165 Å². The van der Waals surface area contributed by atoms with Crippen LogP contribution in [0.15, 0.2) is 41.0 Å². The average molecular weight is 381 g/mol. The molecule has 1 unspecified atom stereocenters. The number of carbonyl (C=O) groups excluding carboxylic acids is 2. The molecule has 2 amide bonds. The number of benzene rings is 1. The highest BCUT2D eigenvalue weighted by Crippen LogP contribution is 2.32. The molecule has 2 aliphatic heterocycles. The molecule has 2 aliphatic rings. The first-order valence-electron chi connectivity index (χ1n) is 9.87. The summed E-state index contributed by atoms with van der Waals surface area (Å²) >= 11 is 0. The number of likely N-dealkylation sites (tertiary alicyclic amines) is 1. The maximum Gasteiger partial charge on any atom is 0.287 e. The molecular weight excluding hydrogens is 354 g/mol. The third-order valence-corrected chi connectivity index (χ3v) is 5.97. The fourth-order valence-electron chi connectivity index (χ4n) is 4.28. The smallest absolute Gasteiger partial charge is 0.287 e. The largest absolute Gasteiger partial charge is 0.459 e. The van der Waals surface area contributed by atoms with E-state index in [1.807, 2.05) is 24.3 Å². The zero-order valence-corrected chi connectivity index (χ0v) is 16.7. The number of furan rings is 1. The van der Waals surface area contributed by atoms with Crippen molar-refractivity contribution < 1.29 is 14.0 Å². The number of hydrogen-bond acceptors (Lipinski definition) is 4. The predicted molar refractivity (Wildman–Crippen MR) is 107 cm³/mol. The number of fused-ring (bicyclic) bond motifs is 1. The molecule has 2 aromatic rings. The normalized spacial score (nSPS) is 21.2. The summed E-state index contributed by atoms with van der Waals surface area (Å²) < 4.78 is 5.53. The Morgan fingerprint density at radius 1 is 1.29 bits per heavy atom. The summed E-state index contributed by atoms with van der Waals surface area (Å²) in [4.78, 5) is 29.5. The molecule has 1 atom stereocenters. The third kappa shape index (κ3) is 3.33. The van der Waals surface area contributed by atoms with Crippen molar-refractivity contribution in [2.75, 3.05) is 24.5 Å². The molecule has 0 spiro atoms. The standard InChI is InChI=1S/C22H27N3O3/c1-4-24-13-18(22(2,3)14-24)23-21(27)20-16(9-10-28-20)12-25-17-8-6-5-7-15(17)11-19(25)26/h5-10,18H,4,11-14H2,1-3H3,(H,23,27). The molecule has 1 fully saturated rings. The van der Waals surface area contributed by atoms with Gasteiger partial charge in [-0.25, -0.2) is 0 Å². The lowest BCUT2D eigenvalue weighted by molar-refractivity contribution is -0.117. The Bertz CT molecular complexity index is 902. The van der Waals surface area contributed by atoms with Crippen molar-refractivity contribution in [1.82, 2.24) is 10.2 Å². The lowest BCUT2D eigenvalue weighted by atomic mass is 9.88. The van der Waals surface area contributed by atoms with Crippen molar-refractivity contribution in [3.05, 3.63) is 53.5 Å². The van der Waals surface area contributed by atoms with Crippen molar-refractivity contribution in [3.63, 3.8) is 0 Å². The molecule has 1 aromatic carbocycles. The fourth-order valence-corrected chi connectivity index (χ4v) is 4.28. The first-order valence-corrected chi connectivity index (χ1v) is 9.87. The molecule has 28 heavy (non-hydrogen) atoms. The Hall–Kier alpha value is -2.60. The molecule has 1 N–H and O–H groups in total. The van der Waals surface area contributed by atoms with E-state index in [4.69, 9.17) is 4.42 Å². The third-order valence-electron chi connectivity index (χ3n) is 5.97. The van der Waals surface area contributed by atoms with Gasteiger partial charge in [-0.15, -0.1) is 0 Å². The topological polar surface area (TPSA) is 65.8 Å². The SMILES string of the molecule is CCN1CC(NC(=O)c2occc2CN2C(=O)Cc3ccccc32)C(C)(C)C1. The molecule has 0 bridgehead atoms. The summed E-state index contributed by atoms with van der Waals surface area (Å²) in [5.41, 5.74) is 2.66. The summed E-state index contributed by atoms with van der Waals surface area (Å²) in [6, 6.07) is 9.62. The zero-order chi connectivity index (χ0) is 19.9. The monoisotopic (exact) mass is 381 g/mol. The number of para-hydroxylation sites is 1. The van der Waals surface area contributed by atoms with E-state index in [9.17, 15) is 9.59 Å². The zero-order valence-electron chi connectivity index (χ0n) is 16.7. The second-order valence-electron chi connectivity index (χ2n) is 8.40. The van der Waals surface area contributed by atoms with Crippen LogP contribution in [0.1, 0.15) is 42.5 Å². The summed E-state index contributed by atoms with van der Waals surface area (Å²) in [6.07, 6.45) is 1.92. The van der Waals surface area contributed by atoms with Gasteiger partial charge >= 0.3 is 0 Å². The molecule has 0 aliphatic carbocycles. The number of amides is 2. The van der Waals surface area contributed by atoms with Crippen LogP contribution in [-0.4, -0.2) is 42.4 Å². The van der Waals surface area contributed by atoms with Crippen LogP contribution in [0.5, 0.6) is 0 Å². The second-order valence-corrected chi connectivity index (χ2v) is 8.40. The summed E-state index contributed by atoms with van der Waals surface area (Å²) in [5.74, 6) is 0.128. The molecule has 0 saturated carbocycles. The van der Waals surface area contributed by atoms with E-state index in [0.29, 0.717) is 18.7 Å². The molecule has 0 radical (unpaired) electrons. The van der Waals surface area contributed by atoms with Crippen LogP contribution in [0, 0.1) is 5.41 Å². The molecule has 3 heterocycles. The Balaban J connectivity index is 1.50. The molecular formula is C22H27N3O3. The van der Waals surface area contributed by atoms with E-state index in [-0.39, 0.29) is 23.3 Å². The van der Waals surface area contributed by atoms with E-state index in [1.54, 1.807) is 11.0 Å². The minimum Gasteiger partial charge on any atom is -0.459 e. The number of rotatable bonds is 5. The van der Waals surface area contributed by atoms with Crippen molar-refractivity contribution in [1.29, 1.82) is 0 Å². The highest BCUT2D eigenvalue weighted by atomic mass is 16.3. The molecule has 6 heteroatoms. The van der Waals surface area contributed by atoms with Gasteiger partial charge in [0.15, 0.2) is 5.76 Å². The van der Waals surface area contributed by atoms with Crippen LogP contribution >= 0.6 is 0 Å². The van der Waals surface area contributed by atoms with E-state index >= 15 is 0 Å². The minimum atomic E-state index is -0.212. The highest BCUT2D eigenvalue weighted by molar-refractivity contribution is 6.01. The number of nitrogens with one attached hydrogen (secondary N) is 1. The Morgan fingerprint density at radius 2 is 2.07 bits per heavy atom. The average Bonchev–Trinajstić information content (AvgIpc) is 3.32. The van der Waals surface area contributed by atoms with Crippen molar-refractivity contribution in [3.8, 4) is 0 Å². The van der Waals surface area contributed by atoms with Crippen molar-refractivity contribution in [2.45, 2.75) is 39.8 Å². The Kier molecular flexibility index (Phi) is 4.75. The molecule has 1 aromatic heterocycles. The van der Waals surface area contributed by atoms with Crippen LogP contribution in [0.3, 0.4) is 0 Å². The van der Waals surface area contributed by atoms with Crippen LogP contribution < -0.4 is 10.2 Å². The van der Waals surface area contributed by atoms with E-state index < -0.39 is 0 Å². The number of hydrogen-bond donors (Lipinski definition) is 1. The number of likely N-dealkylation sites (N-methyl/N-ethyl adjacent to an activating group) is 1. The fraction of sp³-hybridized carbons (Fsp3) is 0.455.